The van der Waals surface area contributed by atoms with Crippen LogP contribution in [0.1, 0.15) is 46.0 Å². The predicted octanol–water partition coefficient (Wildman–Crippen LogP) is 1.35. The van der Waals surface area contributed by atoms with Gasteiger partial charge in [-0.05, 0) is 25.8 Å². The topological polar surface area (TPSA) is 58.4 Å². The predicted molar refractivity (Wildman–Crippen MR) is 75.3 cm³/mol. The molecular formula is C14H29N3O. The lowest BCUT2D eigenvalue weighted by Crippen LogP contribution is -2.51. The fourth-order valence-corrected chi connectivity index (χ4v) is 2.82. The van der Waals surface area contributed by atoms with Crippen LogP contribution in [0.2, 0.25) is 0 Å². The van der Waals surface area contributed by atoms with E-state index in [2.05, 4.69) is 17.3 Å². The van der Waals surface area contributed by atoms with Crippen LogP contribution in [0.15, 0.2) is 0 Å². The lowest BCUT2D eigenvalue weighted by molar-refractivity contribution is -0.120. The summed E-state index contributed by atoms with van der Waals surface area (Å²) in [6.07, 6.45) is 6.79. The highest BCUT2D eigenvalue weighted by atomic mass is 16.1. The molecule has 1 rings (SSSR count). The third-order valence-corrected chi connectivity index (χ3v) is 3.67. The van der Waals surface area contributed by atoms with Crippen molar-refractivity contribution >= 4 is 5.91 Å². The van der Waals surface area contributed by atoms with E-state index in [0.717, 1.165) is 12.5 Å². The van der Waals surface area contributed by atoms with Crippen molar-refractivity contribution in [2.75, 3.05) is 20.1 Å². The summed E-state index contributed by atoms with van der Waals surface area (Å²) in [5, 5.41) is 3.23. The fourth-order valence-electron chi connectivity index (χ4n) is 2.82. The molecule has 18 heavy (non-hydrogen) atoms. The van der Waals surface area contributed by atoms with Crippen LogP contribution in [0.5, 0.6) is 0 Å². The minimum atomic E-state index is -0.251. The van der Waals surface area contributed by atoms with Gasteiger partial charge in [0.15, 0.2) is 0 Å². The van der Waals surface area contributed by atoms with Crippen LogP contribution in [0, 0.1) is 5.92 Å². The van der Waals surface area contributed by atoms with Crippen molar-refractivity contribution in [1.29, 1.82) is 0 Å². The van der Waals surface area contributed by atoms with Gasteiger partial charge < -0.3 is 16.0 Å². The lowest BCUT2D eigenvalue weighted by atomic mass is 9.89. The molecule has 4 heteroatoms. The van der Waals surface area contributed by atoms with Gasteiger partial charge >= 0.3 is 0 Å². The van der Waals surface area contributed by atoms with E-state index in [0.29, 0.717) is 6.54 Å². The summed E-state index contributed by atoms with van der Waals surface area (Å²) < 4.78 is 0. The molecule has 0 bridgehead atoms. The van der Waals surface area contributed by atoms with Crippen LogP contribution in [-0.2, 0) is 4.79 Å². The minimum absolute atomic E-state index is 0.237. The van der Waals surface area contributed by atoms with Gasteiger partial charge in [-0.2, -0.15) is 0 Å². The lowest BCUT2D eigenvalue weighted by Gasteiger charge is -2.29. The first kappa shape index (κ1) is 15.4. The third-order valence-electron chi connectivity index (χ3n) is 3.67. The molecule has 1 atom stereocenters. The summed E-state index contributed by atoms with van der Waals surface area (Å²) in [6, 6.07) is 0.0455. The molecule has 0 saturated heterocycles. The Morgan fingerprint density at radius 2 is 1.94 bits per heavy atom. The molecule has 0 spiro atoms. The zero-order valence-corrected chi connectivity index (χ0v) is 12.1. The maximum absolute atomic E-state index is 11.4. The summed E-state index contributed by atoms with van der Waals surface area (Å²) >= 11 is 0. The third kappa shape index (κ3) is 5.83. The van der Waals surface area contributed by atoms with Gasteiger partial charge in [0.25, 0.3) is 0 Å². The number of hydrogen-bond acceptors (Lipinski definition) is 3. The molecule has 1 aliphatic carbocycles. The molecule has 0 radical (unpaired) electrons. The number of nitrogens with zero attached hydrogens (tertiary/aromatic N) is 1. The van der Waals surface area contributed by atoms with Crippen molar-refractivity contribution in [3.63, 3.8) is 0 Å². The van der Waals surface area contributed by atoms with E-state index in [1.165, 1.54) is 32.1 Å². The van der Waals surface area contributed by atoms with E-state index >= 15 is 0 Å². The SMILES string of the molecule is CC(C)NC(CN(C)CC1CCCCC1)C(N)=O. The van der Waals surface area contributed by atoms with Gasteiger partial charge in [0, 0.05) is 19.1 Å². The summed E-state index contributed by atoms with van der Waals surface area (Å²) in [5.74, 6) is 0.551. The Balaban J connectivity index is 2.35. The number of rotatable bonds is 7. The Hall–Kier alpha value is -0.610. The zero-order chi connectivity index (χ0) is 13.5. The first-order valence-corrected chi connectivity index (χ1v) is 7.23. The molecule has 0 aromatic heterocycles. The van der Waals surface area contributed by atoms with Gasteiger partial charge in [-0.25, -0.2) is 0 Å². The first-order chi connectivity index (χ1) is 8.49. The Morgan fingerprint density at radius 3 is 2.44 bits per heavy atom. The monoisotopic (exact) mass is 255 g/mol. The highest BCUT2D eigenvalue weighted by Gasteiger charge is 2.21. The number of amides is 1. The van der Waals surface area contributed by atoms with E-state index in [9.17, 15) is 4.79 Å². The van der Waals surface area contributed by atoms with Crippen LogP contribution in [0.3, 0.4) is 0 Å². The summed E-state index contributed by atoms with van der Waals surface area (Å²) in [7, 11) is 2.09. The first-order valence-electron chi connectivity index (χ1n) is 7.23. The molecular weight excluding hydrogens is 226 g/mol. The molecule has 4 nitrogen and oxygen atoms in total. The largest absolute Gasteiger partial charge is 0.368 e. The summed E-state index contributed by atoms with van der Waals surface area (Å²) in [5.41, 5.74) is 5.44. The normalized spacial score (nSPS) is 19.4. The molecule has 1 fully saturated rings. The maximum Gasteiger partial charge on any atom is 0.235 e. The summed E-state index contributed by atoms with van der Waals surface area (Å²) in [6.45, 7) is 5.88. The molecule has 1 unspecified atom stereocenters. The fraction of sp³-hybridized carbons (Fsp3) is 0.929. The number of nitrogens with one attached hydrogen (secondary N) is 1. The van der Waals surface area contributed by atoms with Crippen molar-refractivity contribution in [3.8, 4) is 0 Å². The van der Waals surface area contributed by atoms with Crippen LogP contribution < -0.4 is 11.1 Å². The molecule has 0 aliphatic heterocycles. The molecule has 1 aliphatic rings. The molecule has 1 saturated carbocycles. The molecule has 0 aromatic rings. The zero-order valence-electron chi connectivity index (χ0n) is 12.1. The number of primary amides is 1. The molecule has 0 heterocycles. The van der Waals surface area contributed by atoms with E-state index < -0.39 is 0 Å². The van der Waals surface area contributed by atoms with Crippen molar-refractivity contribution in [3.05, 3.63) is 0 Å². The quantitative estimate of drug-likeness (QED) is 0.722. The Bertz CT molecular complexity index is 249. The van der Waals surface area contributed by atoms with Crippen molar-refractivity contribution < 1.29 is 4.79 Å². The Morgan fingerprint density at radius 1 is 1.33 bits per heavy atom. The molecule has 0 aromatic carbocycles. The average molecular weight is 255 g/mol. The van der Waals surface area contributed by atoms with Gasteiger partial charge in [0.1, 0.15) is 0 Å². The van der Waals surface area contributed by atoms with Gasteiger partial charge in [0.2, 0.25) is 5.91 Å². The standard InChI is InChI=1S/C14H29N3O/c1-11(2)16-13(14(15)18)10-17(3)9-12-7-5-4-6-8-12/h11-13,16H,4-10H2,1-3H3,(H2,15,18). The van der Waals surface area contributed by atoms with Gasteiger partial charge in [-0.1, -0.05) is 33.1 Å². The van der Waals surface area contributed by atoms with Gasteiger partial charge in [0.05, 0.1) is 6.04 Å². The second kappa shape index (κ2) is 7.74. The Kier molecular flexibility index (Phi) is 6.65. The number of nitrogens with two attached hydrogens (primary N) is 1. The number of carbonyl (C=O) groups excluding carboxylic acids is 1. The van der Waals surface area contributed by atoms with Gasteiger partial charge in [-0.3, -0.25) is 4.79 Å². The number of likely N-dealkylation sites (N-methyl/N-ethyl adjacent to an activating group) is 1. The number of carbonyl (C=O) groups is 1. The van der Waals surface area contributed by atoms with Crippen molar-refractivity contribution in [2.45, 2.75) is 58.0 Å². The highest BCUT2D eigenvalue weighted by Crippen LogP contribution is 2.24. The second-order valence-corrected chi connectivity index (χ2v) is 6.00. The highest BCUT2D eigenvalue weighted by molar-refractivity contribution is 5.80. The molecule has 3 N–H and O–H groups in total. The van der Waals surface area contributed by atoms with E-state index in [1.807, 2.05) is 13.8 Å². The van der Waals surface area contributed by atoms with E-state index in [-0.39, 0.29) is 18.0 Å². The minimum Gasteiger partial charge on any atom is -0.368 e. The van der Waals surface area contributed by atoms with E-state index in [1.54, 1.807) is 0 Å². The second-order valence-electron chi connectivity index (χ2n) is 6.00. The van der Waals surface area contributed by atoms with E-state index in [4.69, 9.17) is 5.73 Å². The average Bonchev–Trinajstić information content (AvgIpc) is 2.28. The van der Waals surface area contributed by atoms with Crippen LogP contribution in [0.25, 0.3) is 0 Å². The summed E-state index contributed by atoms with van der Waals surface area (Å²) in [4.78, 5) is 13.6. The van der Waals surface area contributed by atoms with Crippen LogP contribution >= 0.6 is 0 Å². The molecule has 106 valence electrons. The molecule has 1 amide bonds. The smallest absolute Gasteiger partial charge is 0.235 e. The van der Waals surface area contributed by atoms with Crippen molar-refractivity contribution in [2.24, 2.45) is 11.7 Å². The van der Waals surface area contributed by atoms with Crippen LogP contribution in [-0.4, -0.2) is 43.0 Å². The van der Waals surface area contributed by atoms with Crippen LogP contribution in [0.4, 0.5) is 0 Å². The maximum atomic E-state index is 11.4. The Labute approximate surface area is 111 Å². The van der Waals surface area contributed by atoms with Crippen molar-refractivity contribution in [1.82, 2.24) is 10.2 Å². The number of hydrogen-bond donors (Lipinski definition) is 2. The van der Waals surface area contributed by atoms with Gasteiger partial charge in [-0.15, -0.1) is 0 Å².